The molecule has 0 radical (unpaired) electrons. The van der Waals surface area contributed by atoms with Gasteiger partial charge in [-0.05, 0) is 30.9 Å². The van der Waals surface area contributed by atoms with Gasteiger partial charge < -0.3 is 19.7 Å². The molecule has 1 aliphatic carbocycles. The minimum atomic E-state index is -0.843. The van der Waals surface area contributed by atoms with Gasteiger partial charge in [-0.3, -0.25) is 0 Å². The lowest BCUT2D eigenvalue weighted by atomic mass is 9.90. The predicted molar refractivity (Wildman–Crippen MR) is 88.4 cm³/mol. The van der Waals surface area contributed by atoms with Crippen molar-refractivity contribution in [1.29, 1.82) is 0 Å². The first kappa shape index (κ1) is 16.4. The Balaban J connectivity index is 1.68. The van der Waals surface area contributed by atoms with Crippen LogP contribution in [-0.2, 0) is 11.3 Å². The zero-order valence-electron chi connectivity index (χ0n) is 13.6. The number of nitrogens with two attached hydrogens (primary N) is 1. The number of carbonyl (C=O) groups excluding carboxylic acids is 1. The first-order valence-corrected chi connectivity index (χ1v) is 8.32. The normalized spacial score (nSPS) is 15.2. The van der Waals surface area contributed by atoms with Gasteiger partial charge in [0, 0.05) is 11.6 Å². The fraction of sp³-hybridized carbons (Fsp3) is 0.444. The lowest BCUT2D eigenvalue weighted by Crippen LogP contribution is -2.15. The van der Waals surface area contributed by atoms with Crippen LogP contribution in [0.25, 0.3) is 11.3 Å². The third-order valence-corrected chi connectivity index (χ3v) is 4.28. The summed E-state index contributed by atoms with van der Waals surface area (Å²) in [5.41, 5.74) is 6.46. The van der Waals surface area contributed by atoms with Crippen LogP contribution in [0, 0.1) is 5.92 Å². The SMILES string of the molecule is NC(=O)OCc1cc(-c2ccccc2OCC2CCCCC2)no1. The molecule has 1 fully saturated rings. The fourth-order valence-electron chi connectivity index (χ4n) is 3.02. The Labute approximate surface area is 140 Å². The van der Waals surface area contributed by atoms with Gasteiger partial charge >= 0.3 is 6.09 Å². The summed E-state index contributed by atoms with van der Waals surface area (Å²) in [4.78, 5) is 10.7. The molecular weight excluding hydrogens is 308 g/mol. The van der Waals surface area contributed by atoms with Crippen LogP contribution in [-0.4, -0.2) is 17.9 Å². The predicted octanol–water partition coefficient (Wildman–Crippen LogP) is 3.90. The summed E-state index contributed by atoms with van der Waals surface area (Å²) in [5.74, 6) is 1.85. The summed E-state index contributed by atoms with van der Waals surface area (Å²) in [7, 11) is 0. The summed E-state index contributed by atoms with van der Waals surface area (Å²) >= 11 is 0. The molecule has 0 unspecified atom stereocenters. The van der Waals surface area contributed by atoms with E-state index in [4.69, 9.17) is 19.7 Å². The Hall–Kier alpha value is -2.50. The van der Waals surface area contributed by atoms with E-state index in [-0.39, 0.29) is 6.61 Å². The number of benzene rings is 1. The molecule has 128 valence electrons. The second-order valence-corrected chi connectivity index (χ2v) is 6.10. The second kappa shape index (κ2) is 7.86. The minimum Gasteiger partial charge on any atom is -0.493 e. The first-order chi connectivity index (χ1) is 11.7. The van der Waals surface area contributed by atoms with Crippen molar-refractivity contribution in [2.75, 3.05) is 6.61 Å². The van der Waals surface area contributed by atoms with E-state index in [1.54, 1.807) is 6.07 Å². The molecule has 2 aromatic rings. The minimum absolute atomic E-state index is 0.0343. The standard InChI is InChI=1S/C18H22N2O4/c19-18(21)23-12-14-10-16(20-24-14)15-8-4-5-9-17(15)22-11-13-6-2-1-3-7-13/h4-5,8-10,13H,1-3,6-7,11-12H2,(H2,19,21). The van der Waals surface area contributed by atoms with E-state index in [0.29, 0.717) is 17.4 Å². The molecule has 1 saturated carbocycles. The van der Waals surface area contributed by atoms with Crippen molar-refractivity contribution in [3.8, 4) is 17.0 Å². The van der Waals surface area contributed by atoms with E-state index in [0.717, 1.165) is 17.9 Å². The van der Waals surface area contributed by atoms with Crippen LogP contribution in [0.5, 0.6) is 5.75 Å². The number of ether oxygens (including phenoxy) is 2. The summed E-state index contributed by atoms with van der Waals surface area (Å²) in [6.07, 6.45) is 5.55. The van der Waals surface area contributed by atoms with Crippen LogP contribution >= 0.6 is 0 Å². The molecule has 1 aromatic heterocycles. The monoisotopic (exact) mass is 330 g/mol. The van der Waals surface area contributed by atoms with Crippen molar-refractivity contribution in [2.24, 2.45) is 11.7 Å². The number of para-hydroxylation sites is 1. The number of hydrogen-bond donors (Lipinski definition) is 1. The van der Waals surface area contributed by atoms with Crippen LogP contribution in [0.2, 0.25) is 0 Å². The summed E-state index contributed by atoms with van der Waals surface area (Å²) < 4.78 is 15.9. The van der Waals surface area contributed by atoms with Crippen LogP contribution in [0.3, 0.4) is 0 Å². The number of primary amides is 1. The van der Waals surface area contributed by atoms with Gasteiger partial charge in [0.05, 0.1) is 6.61 Å². The molecule has 0 aliphatic heterocycles. The molecule has 3 rings (SSSR count). The molecule has 2 N–H and O–H groups in total. The van der Waals surface area contributed by atoms with Gasteiger partial charge in [0.15, 0.2) is 12.4 Å². The number of rotatable bonds is 6. The van der Waals surface area contributed by atoms with Crippen LogP contribution in [0.1, 0.15) is 37.9 Å². The van der Waals surface area contributed by atoms with Gasteiger partial charge in [-0.25, -0.2) is 4.79 Å². The molecule has 0 atom stereocenters. The molecule has 1 heterocycles. The van der Waals surface area contributed by atoms with Crippen molar-refractivity contribution >= 4 is 6.09 Å². The smallest absolute Gasteiger partial charge is 0.404 e. The Morgan fingerprint density at radius 3 is 2.83 bits per heavy atom. The molecule has 6 heteroatoms. The van der Waals surface area contributed by atoms with E-state index in [1.165, 1.54) is 32.1 Å². The molecular formula is C18H22N2O4. The van der Waals surface area contributed by atoms with Crippen molar-refractivity contribution in [3.63, 3.8) is 0 Å². The van der Waals surface area contributed by atoms with Crippen LogP contribution < -0.4 is 10.5 Å². The highest BCUT2D eigenvalue weighted by Gasteiger charge is 2.16. The van der Waals surface area contributed by atoms with Gasteiger partial charge in [-0.1, -0.05) is 36.6 Å². The van der Waals surface area contributed by atoms with Crippen LogP contribution in [0.15, 0.2) is 34.9 Å². The topological polar surface area (TPSA) is 87.6 Å². The fourth-order valence-corrected chi connectivity index (χ4v) is 3.02. The van der Waals surface area contributed by atoms with Gasteiger partial charge in [-0.15, -0.1) is 0 Å². The highest BCUT2D eigenvalue weighted by Crippen LogP contribution is 2.31. The molecule has 1 aliphatic rings. The number of aromatic nitrogens is 1. The molecule has 1 amide bonds. The zero-order valence-corrected chi connectivity index (χ0v) is 13.6. The van der Waals surface area contributed by atoms with E-state index in [9.17, 15) is 4.79 Å². The third kappa shape index (κ3) is 4.28. The molecule has 24 heavy (non-hydrogen) atoms. The maximum absolute atomic E-state index is 10.7. The zero-order chi connectivity index (χ0) is 16.8. The van der Waals surface area contributed by atoms with Gasteiger partial charge in [0.1, 0.15) is 11.4 Å². The maximum atomic E-state index is 10.7. The second-order valence-electron chi connectivity index (χ2n) is 6.10. The van der Waals surface area contributed by atoms with E-state index < -0.39 is 6.09 Å². The largest absolute Gasteiger partial charge is 0.493 e. The lowest BCUT2D eigenvalue weighted by molar-refractivity contribution is 0.137. The van der Waals surface area contributed by atoms with E-state index in [2.05, 4.69) is 5.16 Å². The molecule has 1 aromatic carbocycles. The van der Waals surface area contributed by atoms with Crippen molar-refractivity contribution in [1.82, 2.24) is 5.16 Å². The first-order valence-electron chi connectivity index (χ1n) is 8.32. The molecule has 0 bridgehead atoms. The molecule has 0 spiro atoms. The molecule has 6 nitrogen and oxygen atoms in total. The third-order valence-electron chi connectivity index (χ3n) is 4.28. The highest BCUT2D eigenvalue weighted by atomic mass is 16.6. The van der Waals surface area contributed by atoms with Crippen LogP contribution in [0.4, 0.5) is 4.79 Å². The Morgan fingerprint density at radius 1 is 1.25 bits per heavy atom. The Morgan fingerprint density at radius 2 is 2.04 bits per heavy atom. The Kier molecular flexibility index (Phi) is 5.36. The lowest BCUT2D eigenvalue weighted by Gasteiger charge is -2.22. The highest BCUT2D eigenvalue weighted by molar-refractivity contribution is 5.67. The van der Waals surface area contributed by atoms with E-state index >= 15 is 0 Å². The van der Waals surface area contributed by atoms with Crippen molar-refractivity contribution in [2.45, 2.75) is 38.7 Å². The van der Waals surface area contributed by atoms with Gasteiger partial charge in [0.25, 0.3) is 0 Å². The summed E-state index contributed by atoms with van der Waals surface area (Å²) in [5, 5.41) is 4.03. The van der Waals surface area contributed by atoms with Crippen molar-refractivity contribution in [3.05, 3.63) is 36.1 Å². The molecule has 0 saturated heterocycles. The quantitative estimate of drug-likeness (QED) is 0.868. The van der Waals surface area contributed by atoms with Gasteiger partial charge in [-0.2, -0.15) is 0 Å². The summed E-state index contributed by atoms with van der Waals surface area (Å²) in [6.45, 7) is 0.694. The average molecular weight is 330 g/mol. The van der Waals surface area contributed by atoms with Crippen molar-refractivity contribution < 1.29 is 18.8 Å². The average Bonchev–Trinajstić information content (AvgIpc) is 3.08. The van der Waals surface area contributed by atoms with E-state index in [1.807, 2.05) is 24.3 Å². The Bertz CT molecular complexity index is 677. The number of carbonyl (C=O) groups is 1. The maximum Gasteiger partial charge on any atom is 0.404 e. The van der Waals surface area contributed by atoms with Gasteiger partial charge in [0.2, 0.25) is 0 Å². The number of hydrogen-bond acceptors (Lipinski definition) is 5. The number of nitrogens with zero attached hydrogens (tertiary/aromatic N) is 1. The summed E-state index contributed by atoms with van der Waals surface area (Å²) in [6, 6.07) is 9.47. The number of amides is 1.